The third kappa shape index (κ3) is 1.04. The van der Waals surface area contributed by atoms with Crippen molar-refractivity contribution in [2.24, 2.45) is 0 Å². The van der Waals surface area contributed by atoms with Crippen LogP contribution in [0.3, 0.4) is 0 Å². The van der Waals surface area contributed by atoms with Gasteiger partial charge in [0.2, 0.25) is 0 Å². The Bertz CT molecular complexity index is 354. The normalized spacial score (nSPS) is 14.6. The lowest BCUT2D eigenvalue weighted by atomic mass is 10.1. The molecule has 0 saturated carbocycles. The van der Waals surface area contributed by atoms with E-state index in [1.165, 1.54) is 11.3 Å². The summed E-state index contributed by atoms with van der Waals surface area (Å²) in [5.74, 6) is 0.0760. The zero-order valence-corrected chi connectivity index (χ0v) is 7.35. The molecule has 0 spiro atoms. The summed E-state index contributed by atoms with van der Waals surface area (Å²) in [5.41, 5.74) is 0.555. The first-order valence-electron chi connectivity index (χ1n) is 3.56. The van der Waals surface area contributed by atoms with E-state index in [9.17, 15) is 4.79 Å². The predicted octanol–water partition coefficient (Wildman–Crippen LogP) is 1.75. The Balaban J connectivity index is 2.52. The molecule has 1 aliphatic rings. The summed E-state index contributed by atoms with van der Waals surface area (Å²) < 4.78 is 4.94. The van der Waals surface area contributed by atoms with Crippen LogP contribution in [0.25, 0.3) is 6.08 Å². The van der Waals surface area contributed by atoms with Gasteiger partial charge in [-0.25, -0.2) is 0 Å². The number of fused-ring (bicyclic) bond motifs is 1. The van der Waals surface area contributed by atoms with Crippen molar-refractivity contribution >= 4 is 23.2 Å². The fourth-order valence-electron chi connectivity index (χ4n) is 1.08. The van der Waals surface area contributed by atoms with Gasteiger partial charge in [-0.2, -0.15) is 4.98 Å². The number of nitrogens with zero attached hydrogens (tertiary/aromatic N) is 1. The van der Waals surface area contributed by atoms with Gasteiger partial charge in [0.05, 0.1) is 12.0 Å². The Labute approximate surface area is 73.7 Å². The summed E-state index contributed by atoms with van der Waals surface area (Å²) in [6, 6.07) is 0. The average molecular weight is 181 g/mol. The van der Waals surface area contributed by atoms with Crippen LogP contribution in [0.2, 0.25) is 0 Å². The van der Waals surface area contributed by atoms with E-state index < -0.39 is 0 Å². The van der Waals surface area contributed by atoms with E-state index in [4.69, 9.17) is 4.74 Å². The predicted molar refractivity (Wildman–Crippen MR) is 46.6 cm³/mol. The number of rotatable bonds is 1. The molecule has 4 heteroatoms. The number of hydrogen-bond acceptors (Lipinski definition) is 4. The van der Waals surface area contributed by atoms with Crippen LogP contribution in [-0.4, -0.2) is 17.9 Å². The van der Waals surface area contributed by atoms with E-state index in [1.807, 2.05) is 12.2 Å². The Kier molecular flexibility index (Phi) is 1.69. The van der Waals surface area contributed by atoms with E-state index in [0.29, 0.717) is 17.3 Å². The van der Waals surface area contributed by atoms with E-state index in [2.05, 4.69) is 4.98 Å². The summed E-state index contributed by atoms with van der Waals surface area (Å²) in [7, 11) is 1.55. The van der Waals surface area contributed by atoms with Crippen LogP contribution in [0, 0.1) is 0 Å². The molecule has 1 aromatic rings. The number of allylic oxidation sites excluding steroid dienone is 1. The zero-order chi connectivity index (χ0) is 8.55. The molecule has 0 unspecified atom stereocenters. The maximum Gasteiger partial charge on any atom is 0.274 e. The maximum absolute atomic E-state index is 11.3. The number of aromatic nitrogens is 1. The summed E-state index contributed by atoms with van der Waals surface area (Å²) in [6.45, 7) is 0. The van der Waals surface area contributed by atoms with Crippen molar-refractivity contribution in [3.63, 3.8) is 0 Å². The number of ether oxygens (including phenoxy) is 1. The van der Waals surface area contributed by atoms with E-state index in [0.717, 1.165) is 4.88 Å². The monoisotopic (exact) mass is 181 g/mol. The molecule has 1 heterocycles. The van der Waals surface area contributed by atoms with Gasteiger partial charge in [-0.05, 0) is 6.08 Å². The van der Waals surface area contributed by atoms with Crippen molar-refractivity contribution in [2.75, 3.05) is 7.11 Å². The van der Waals surface area contributed by atoms with Crippen LogP contribution in [0.5, 0.6) is 5.19 Å². The van der Waals surface area contributed by atoms with Crippen molar-refractivity contribution < 1.29 is 9.53 Å². The van der Waals surface area contributed by atoms with Crippen LogP contribution in [0.4, 0.5) is 0 Å². The van der Waals surface area contributed by atoms with E-state index >= 15 is 0 Å². The van der Waals surface area contributed by atoms with Crippen molar-refractivity contribution in [2.45, 2.75) is 6.42 Å². The molecule has 1 aliphatic carbocycles. The van der Waals surface area contributed by atoms with Gasteiger partial charge in [-0.15, -0.1) is 0 Å². The number of hydrogen-bond donors (Lipinski definition) is 0. The minimum absolute atomic E-state index is 0.0760. The molecule has 3 nitrogen and oxygen atoms in total. The van der Waals surface area contributed by atoms with E-state index in [-0.39, 0.29) is 5.78 Å². The second kappa shape index (κ2) is 2.71. The molecule has 12 heavy (non-hydrogen) atoms. The first kappa shape index (κ1) is 7.49. The first-order valence-corrected chi connectivity index (χ1v) is 4.37. The number of carbonyl (C=O) groups excluding carboxylic acids is 1. The van der Waals surface area contributed by atoms with Crippen molar-refractivity contribution in [1.82, 2.24) is 4.98 Å². The van der Waals surface area contributed by atoms with Crippen LogP contribution in [-0.2, 0) is 0 Å². The van der Waals surface area contributed by atoms with Crippen LogP contribution >= 0.6 is 11.3 Å². The molecule has 0 atom stereocenters. The highest BCUT2D eigenvalue weighted by atomic mass is 32.1. The highest BCUT2D eigenvalue weighted by Gasteiger charge is 2.18. The number of methoxy groups -OCH3 is 1. The molecule has 2 rings (SSSR count). The Morgan fingerprint density at radius 2 is 2.50 bits per heavy atom. The van der Waals surface area contributed by atoms with Crippen LogP contribution in [0.1, 0.15) is 21.8 Å². The molecular formula is C8H7NO2S. The molecule has 0 bridgehead atoms. The highest BCUT2D eigenvalue weighted by Crippen LogP contribution is 2.29. The molecule has 62 valence electrons. The molecule has 0 aliphatic heterocycles. The topological polar surface area (TPSA) is 39.2 Å². The van der Waals surface area contributed by atoms with Gasteiger partial charge in [0.25, 0.3) is 5.19 Å². The van der Waals surface area contributed by atoms with Crippen LogP contribution < -0.4 is 4.74 Å². The van der Waals surface area contributed by atoms with Gasteiger partial charge >= 0.3 is 0 Å². The lowest BCUT2D eigenvalue weighted by Gasteiger charge is -1.98. The zero-order valence-electron chi connectivity index (χ0n) is 6.53. The standard InChI is InChI=1S/C8H7NO2S/c1-11-8-9-7-5(10)3-2-4-6(7)12-8/h2,4H,3H2,1H3. The Morgan fingerprint density at radius 1 is 1.67 bits per heavy atom. The molecule has 1 aromatic heterocycles. The third-order valence-electron chi connectivity index (χ3n) is 1.64. The van der Waals surface area contributed by atoms with Gasteiger partial charge < -0.3 is 4.74 Å². The Hall–Kier alpha value is -1.16. The molecule has 0 N–H and O–H groups in total. The summed E-state index contributed by atoms with van der Waals surface area (Å²) in [6.07, 6.45) is 4.22. The SMILES string of the molecule is COc1nc2c(s1)C=CCC2=O. The number of ketones is 1. The second-order valence-electron chi connectivity index (χ2n) is 2.43. The van der Waals surface area contributed by atoms with Gasteiger partial charge in [0.15, 0.2) is 5.78 Å². The average Bonchev–Trinajstić information content (AvgIpc) is 2.49. The van der Waals surface area contributed by atoms with Gasteiger partial charge in [-0.3, -0.25) is 4.79 Å². The summed E-state index contributed by atoms with van der Waals surface area (Å²) in [5, 5.41) is 0.555. The first-order chi connectivity index (χ1) is 5.81. The van der Waals surface area contributed by atoms with Crippen molar-refractivity contribution in [3.05, 3.63) is 16.6 Å². The molecule has 0 saturated heterocycles. The molecule has 0 aromatic carbocycles. The van der Waals surface area contributed by atoms with Gasteiger partial charge in [0, 0.05) is 6.42 Å². The smallest absolute Gasteiger partial charge is 0.274 e. The minimum atomic E-state index is 0.0760. The van der Waals surface area contributed by atoms with Crippen molar-refractivity contribution in [1.29, 1.82) is 0 Å². The van der Waals surface area contributed by atoms with E-state index in [1.54, 1.807) is 7.11 Å². The lowest BCUT2D eigenvalue weighted by molar-refractivity contribution is 0.0990. The molecule has 0 amide bonds. The lowest BCUT2D eigenvalue weighted by Crippen LogP contribution is -2.02. The highest BCUT2D eigenvalue weighted by molar-refractivity contribution is 7.14. The van der Waals surface area contributed by atoms with Gasteiger partial charge in [0.1, 0.15) is 5.69 Å². The molecule has 0 radical (unpaired) electrons. The molecular weight excluding hydrogens is 174 g/mol. The minimum Gasteiger partial charge on any atom is -0.473 e. The second-order valence-corrected chi connectivity index (χ2v) is 3.42. The Morgan fingerprint density at radius 3 is 3.17 bits per heavy atom. The van der Waals surface area contributed by atoms with Crippen LogP contribution in [0.15, 0.2) is 6.08 Å². The largest absolute Gasteiger partial charge is 0.473 e. The quantitative estimate of drug-likeness (QED) is 0.662. The summed E-state index contributed by atoms with van der Waals surface area (Å²) in [4.78, 5) is 16.2. The van der Waals surface area contributed by atoms with Gasteiger partial charge in [-0.1, -0.05) is 17.4 Å². The van der Waals surface area contributed by atoms with Crippen molar-refractivity contribution in [3.8, 4) is 5.19 Å². The third-order valence-corrected chi connectivity index (χ3v) is 2.63. The maximum atomic E-state index is 11.3. The fourth-order valence-corrected chi connectivity index (χ4v) is 1.91. The fraction of sp³-hybridized carbons (Fsp3) is 0.250. The molecule has 0 fully saturated rings. The number of thiazole rings is 1. The number of carbonyl (C=O) groups is 1. The number of Topliss-reactive ketones (excluding diaryl/α,β-unsaturated/α-hetero) is 1. The summed E-state index contributed by atoms with van der Waals surface area (Å²) >= 11 is 1.40.